The van der Waals surface area contributed by atoms with E-state index in [1.54, 1.807) is 31.2 Å². The highest BCUT2D eigenvalue weighted by Crippen LogP contribution is 2.28. The Morgan fingerprint density at radius 3 is 2.71 bits per heavy atom. The van der Waals surface area contributed by atoms with Crippen molar-refractivity contribution in [3.05, 3.63) is 35.4 Å². The van der Waals surface area contributed by atoms with Crippen LogP contribution in [0.4, 0.5) is 11.8 Å². The second-order valence-electron chi connectivity index (χ2n) is 4.07. The van der Waals surface area contributed by atoms with Gasteiger partial charge in [-0.15, -0.1) is 0 Å². The zero-order chi connectivity index (χ0) is 15.4. The van der Waals surface area contributed by atoms with Crippen LogP contribution in [0.2, 0.25) is 0 Å². The van der Waals surface area contributed by atoms with Gasteiger partial charge in [0.25, 0.3) is 0 Å². The summed E-state index contributed by atoms with van der Waals surface area (Å²) < 4.78 is 5.00. The molecule has 0 aliphatic heterocycles. The first-order chi connectivity index (χ1) is 10.1. The summed E-state index contributed by atoms with van der Waals surface area (Å²) in [5, 5.41) is 9.22. The van der Waals surface area contributed by atoms with Crippen molar-refractivity contribution in [2.45, 2.75) is 6.92 Å². The molecule has 1 aromatic carbocycles. The van der Waals surface area contributed by atoms with Gasteiger partial charge in [-0.25, -0.2) is 9.78 Å². The molecule has 7 heteroatoms. The minimum absolute atomic E-state index is 0.0290. The van der Waals surface area contributed by atoms with E-state index < -0.39 is 5.97 Å². The molecule has 0 bridgehead atoms. The second-order valence-corrected chi connectivity index (χ2v) is 4.07. The molecule has 2 aromatic rings. The molecule has 0 aliphatic carbocycles. The van der Waals surface area contributed by atoms with Crippen LogP contribution < -0.4 is 11.5 Å². The van der Waals surface area contributed by atoms with Gasteiger partial charge in [-0.3, -0.25) is 0 Å². The van der Waals surface area contributed by atoms with E-state index in [1.165, 1.54) is 0 Å². The molecule has 0 saturated heterocycles. The van der Waals surface area contributed by atoms with Crippen molar-refractivity contribution in [3.8, 4) is 17.3 Å². The maximum absolute atomic E-state index is 12.0. The first-order valence-electron chi connectivity index (χ1n) is 6.18. The number of hydrogen-bond acceptors (Lipinski definition) is 7. The average Bonchev–Trinajstić information content (AvgIpc) is 2.47. The van der Waals surface area contributed by atoms with Crippen LogP contribution in [0.25, 0.3) is 11.3 Å². The Kier molecular flexibility index (Phi) is 4.00. The Morgan fingerprint density at radius 2 is 2.05 bits per heavy atom. The number of anilines is 2. The summed E-state index contributed by atoms with van der Waals surface area (Å²) in [6, 6.07) is 8.57. The number of carbonyl (C=O) groups is 1. The molecule has 0 fully saturated rings. The summed E-state index contributed by atoms with van der Waals surface area (Å²) in [6.45, 7) is 1.95. The first-order valence-corrected chi connectivity index (χ1v) is 6.18. The monoisotopic (exact) mass is 283 g/mol. The maximum atomic E-state index is 12.0. The van der Waals surface area contributed by atoms with Gasteiger partial charge in [0.15, 0.2) is 0 Å². The van der Waals surface area contributed by atoms with E-state index in [0.29, 0.717) is 5.56 Å². The molecule has 0 unspecified atom stereocenters. The van der Waals surface area contributed by atoms with Gasteiger partial charge in [-0.2, -0.15) is 10.2 Å². The van der Waals surface area contributed by atoms with Gasteiger partial charge >= 0.3 is 5.97 Å². The van der Waals surface area contributed by atoms with E-state index in [1.807, 2.05) is 6.07 Å². The lowest BCUT2D eigenvalue weighted by atomic mass is 10.0. The molecule has 1 heterocycles. The van der Waals surface area contributed by atoms with Crippen LogP contribution in [0.5, 0.6) is 0 Å². The number of carbonyl (C=O) groups excluding carboxylic acids is 1. The third kappa shape index (κ3) is 2.74. The summed E-state index contributed by atoms with van der Waals surface area (Å²) in [7, 11) is 0. The van der Waals surface area contributed by atoms with Crippen molar-refractivity contribution < 1.29 is 9.53 Å². The molecular weight excluding hydrogens is 270 g/mol. The fourth-order valence-corrected chi connectivity index (χ4v) is 1.88. The highest BCUT2D eigenvalue weighted by atomic mass is 16.5. The van der Waals surface area contributed by atoms with E-state index in [2.05, 4.69) is 9.97 Å². The summed E-state index contributed by atoms with van der Waals surface area (Å²) in [5.41, 5.74) is 12.3. The molecule has 106 valence electrons. The standard InChI is InChI=1S/C14H13N5O2/c1-2-21-13(20)9-6-4-3-5-8(9)11-10(7-15)12(16)19-14(17)18-11/h3-6H,2H2,1H3,(H4,16,17,18,19). The SMILES string of the molecule is CCOC(=O)c1ccccc1-c1nc(N)nc(N)c1C#N. The number of hydrogen-bond donors (Lipinski definition) is 2. The number of rotatable bonds is 3. The van der Waals surface area contributed by atoms with Crippen LogP contribution in [-0.4, -0.2) is 22.5 Å². The topological polar surface area (TPSA) is 128 Å². The number of esters is 1. The lowest BCUT2D eigenvalue weighted by Gasteiger charge is -2.10. The zero-order valence-electron chi connectivity index (χ0n) is 11.3. The number of aromatic nitrogens is 2. The van der Waals surface area contributed by atoms with Gasteiger partial charge in [0.1, 0.15) is 17.5 Å². The highest BCUT2D eigenvalue weighted by Gasteiger charge is 2.19. The number of benzene rings is 1. The summed E-state index contributed by atoms with van der Waals surface area (Å²) in [4.78, 5) is 19.8. The molecule has 0 spiro atoms. The largest absolute Gasteiger partial charge is 0.462 e. The second kappa shape index (κ2) is 5.88. The fourth-order valence-electron chi connectivity index (χ4n) is 1.88. The van der Waals surface area contributed by atoms with E-state index in [9.17, 15) is 10.1 Å². The number of ether oxygens (including phenoxy) is 1. The Bertz CT molecular complexity index is 737. The van der Waals surface area contributed by atoms with Crippen LogP contribution in [0, 0.1) is 11.3 Å². The van der Waals surface area contributed by atoms with Crippen LogP contribution in [0.15, 0.2) is 24.3 Å². The molecule has 4 N–H and O–H groups in total. The Balaban J connectivity index is 2.69. The minimum atomic E-state index is -0.507. The van der Waals surface area contributed by atoms with E-state index in [-0.39, 0.29) is 35.2 Å². The summed E-state index contributed by atoms with van der Waals surface area (Å²) in [5.74, 6) is -0.605. The lowest BCUT2D eigenvalue weighted by molar-refractivity contribution is 0.0527. The molecule has 0 atom stereocenters. The van der Waals surface area contributed by atoms with Crippen LogP contribution in [0.1, 0.15) is 22.8 Å². The van der Waals surface area contributed by atoms with Crippen molar-refractivity contribution >= 4 is 17.7 Å². The Hall–Kier alpha value is -3.14. The predicted octanol–water partition coefficient (Wildman–Crippen LogP) is 1.36. The molecule has 21 heavy (non-hydrogen) atoms. The Morgan fingerprint density at radius 1 is 1.33 bits per heavy atom. The maximum Gasteiger partial charge on any atom is 0.338 e. The van der Waals surface area contributed by atoms with E-state index >= 15 is 0 Å². The summed E-state index contributed by atoms with van der Waals surface area (Å²) >= 11 is 0. The van der Waals surface area contributed by atoms with E-state index in [4.69, 9.17) is 16.2 Å². The third-order valence-electron chi connectivity index (χ3n) is 2.74. The van der Waals surface area contributed by atoms with E-state index in [0.717, 1.165) is 0 Å². The van der Waals surface area contributed by atoms with Crippen LogP contribution in [-0.2, 0) is 4.74 Å². The van der Waals surface area contributed by atoms with Crippen molar-refractivity contribution in [2.75, 3.05) is 18.1 Å². The van der Waals surface area contributed by atoms with Crippen molar-refractivity contribution in [1.82, 2.24) is 9.97 Å². The van der Waals surface area contributed by atoms with Crippen LogP contribution in [0.3, 0.4) is 0 Å². The fraction of sp³-hybridized carbons (Fsp3) is 0.143. The van der Waals surface area contributed by atoms with Crippen molar-refractivity contribution in [1.29, 1.82) is 5.26 Å². The number of nitrogen functional groups attached to an aromatic ring is 2. The zero-order valence-corrected chi connectivity index (χ0v) is 11.3. The lowest BCUT2D eigenvalue weighted by Crippen LogP contribution is -2.09. The van der Waals surface area contributed by atoms with Gasteiger partial charge in [0.05, 0.1) is 17.9 Å². The minimum Gasteiger partial charge on any atom is -0.462 e. The van der Waals surface area contributed by atoms with Crippen molar-refractivity contribution in [2.24, 2.45) is 0 Å². The molecule has 0 amide bonds. The third-order valence-corrected chi connectivity index (χ3v) is 2.74. The number of nitriles is 1. The van der Waals surface area contributed by atoms with Gasteiger partial charge in [-0.1, -0.05) is 18.2 Å². The number of nitrogens with zero attached hydrogens (tertiary/aromatic N) is 3. The molecule has 0 radical (unpaired) electrons. The summed E-state index contributed by atoms with van der Waals surface area (Å²) in [6.07, 6.45) is 0. The van der Waals surface area contributed by atoms with Crippen LogP contribution >= 0.6 is 0 Å². The quantitative estimate of drug-likeness (QED) is 0.813. The first kappa shape index (κ1) is 14.3. The van der Waals surface area contributed by atoms with Gasteiger partial charge < -0.3 is 16.2 Å². The molecule has 7 nitrogen and oxygen atoms in total. The molecule has 0 saturated carbocycles. The highest BCUT2D eigenvalue weighted by molar-refractivity contribution is 5.97. The Labute approximate surface area is 121 Å². The number of nitrogens with two attached hydrogens (primary N) is 2. The van der Waals surface area contributed by atoms with Crippen molar-refractivity contribution in [3.63, 3.8) is 0 Å². The van der Waals surface area contributed by atoms with Gasteiger partial charge in [0.2, 0.25) is 5.95 Å². The molecule has 1 aromatic heterocycles. The molecule has 0 aliphatic rings. The molecular formula is C14H13N5O2. The van der Waals surface area contributed by atoms with Gasteiger partial charge in [-0.05, 0) is 13.0 Å². The van der Waals surface area contributed by atoms with Gasteiger partial charge in [0, 0.05) is 5.56 Å². The average molecular weight is 283 g/mol. The molecule has 2 rings (SSSR count). The normalized spacial score (nSPS) is 9.90. The predicted molar refractivity (Wildman–Crippen MR) is 77.0 cm³/mol. The smallest absolute Gasteiger partial charge is 0.338 e.